The molecule has 0 atom stereocenters. The normalized spacial score (nSPS) is 7.33. The largest absolute Gasteiger partial charge is 0.330 e. The minimum absolute atomic E-state index is 0.227. The number of ketones is 1. The van der Waals surface area contributed by atoms with Crippen molar-refractivity contribution in [3.05, 3.63) is 13.2 Å². The Kier molecular flexibility index (Phi) is 12.9. The van der Waals surface area contributed by atoms with E-state index in [1.165, 1.54) is 0 Å². The monoisotopic (exact) mass is 129 g/mol. The van der Waals surface area contributed by atoms with Gasteiger partial charge in [-0.05, 0) is 19.9 Å². The lowest BCUT2D eigenvalue weighted by molar-refractivity contribution is -0.117. The van der Waals surface area contributed by atoms with Gasteiger partial charge in [0, 0.05) is 6.42 Å². The summed E-state index contributed by atoms with van der Waals surface area (Å²) in [6.07, 6.45) is 1.46. The van der Waals surface area contributed by atoms with Crippen LogP contribution in [0.25, 0.3) is 0 Å². The second-order valence-electron chi connectivity index (χ2n) is 1.59. The summed E-state index contributed by atoms with van der Waals surface area (Å²) in [6.45, 7) is 8.20. The lowest BCUT2D eigenvalue weighted by Gasteiger charge is -1.87. The molecule has 54 valence electrons. The van der Waals surface area contributed by atoms with E-state index in [2.05, 4.69) is 13.2 Å². The van der Waals surface area contributed by atoms with E-state index in [4.69, 9.17) is 5.73 Å². The summed E-state index contributed by atoms with van der Waals surface area (Å²) in [5.41, 5.74) is 5.12. The van der Waals surface area contributed by atoms with Crippen molar-refractivity contribution in [3.8, 4) is 0 Å². The number of nitrogens with two attached hydrogens (primary N) is 1. The van der Waals surface area contributed by atoms with Crippen molar-refractivity contribution in [2.24, 2.45) is 5.73 Å². The molecule has 2 heteroatoms. The Bertz CT molecular complexity index is 71.3. The van der Waals surface area contributed by atoms with Crippen LogP contribution >= 0.6 is 0 Å². The highest BCUT2D eigenvalue weighted by molar-refractivity contribution is 5.75. The first-order chi connectivity index (χ1) is 4.27. The minimum atomic E-state index is 0.227. The molecule has 0 rings (SSSR count). The van der Waals surface area contributed by atoms with Crippen LogP contribution in [0.1, 0.15) is 19.8 Å². The van der Waals surface area contributed by atoms with E-state index in [0.29, 0.717) is 13.0 Å². The number of carbonyl (C=O) groups is 1. The summed E-state index contributed by atoms with van der Waals surface area (Å²) >= 11 is 0. The van der Waals surface area contributed by atoms with Crippen molar-refractivity contribution in [2.75, 3.05) is 6.54 Å². The van der Waals surface area contributed by atoms with Gasteiger partial charge in [0.25, 0.3) is 0 Å². The summed E-state index contributed by atoms with van der Waals surface area (Å²) in [4.78, 5) is 10.1. The smallest absolute Gasteiger partial charge is 0.129 e. The van der Waals surface area contributed by atoms with Gasteiger partial charge in [0.15, 0.2) is 0 Å². The molecule has 0 heterocycles. The molecule has 0 saturated carbocycles. The highest BCUT2D eigenvalue weighted by atomic mass is 16.1. The number of Topliss-reactive ketones (excluding diaryl/α,β-unsaturated/α-hetero) is 1. The maximum absolute atomic E-state index is 10.1. The van der Waals surface area contributed by atoms with Crippen LogP contribution in [0.2, 0.25) is 0 Å². The summed E-state index contributed by atoms with van der Waals surface area (Å²) in [5, 5.41) is 0. The minimum Gasteiger partial charge on any atom is -0.330 e. The Balaban J connectivity index is 0. The van der Waals surface area contributed by atoms with Crippen LogP contribution < -0.4 is 5.73 Å². The van der Waals surface area contributed by atoms with E-state index in [1.807, 2.05) is 0 Å². The van der Waals surface area contributed by atoms with Crippen LogP contribution in [0.3, 0.4) is 0 Å². The Morgan fingerprint density at radius 1 is 1.56 bits per heavy atom. The molecule has 0 spiro atoms. The maximum atomic E-state index is 10.1. The fourth-order valence-corrected chi connectivity index (χ4v) is 0.351. The van der Waals surface area contributed by atoms with Gasteiger partial charge in [0.05, 0.1) is 0 Å². The highest BCUT2D eigenvalue weighted by Crippen LogP contribution is 1.84. The first-order valence-corrected chi connectivity index (χ1v) is 2.97. The van der Waals surface area contributed by atoms with Gasteiger partial charge in [-0.2, -0.15) is 0 Å². The number of rotatable bonds is 3. The SMILES string of the molecule is C=C.CC(=O)CCCN. The molecule has 0 aliphatic rings. The summed E-state index contributed by atoms with van der Waals surface area (Å²) in [5.74, 6) is 0.227. The van der Waals surface area contributed by atoms with Crippen LogP contribution in [0.5, 0.6) is 0 Å². The van der Waals surface area contributed by atoms with Crippen LogP contribution in [0.15, 0.2) is 13.2 Å². The Hall–Kier alpha value is -0.630. The molecule has 0 saturated heterocycles. The van der Waals surface area contributed by atoms with Gasteiger partial charge in [-0.25, -0.2) is 0 Å². The number of hydrogen-bond donors (Lipinski definition) is 1. The molecule has 0 aromatic rings. The number of hydrogen-bond acceptors (Lipinski definition) is 2. The molecule has 0 aliphatic heterocycles. The molecular formula is C7H15NO. The molecule has 0 amide bonds. The van der Waals surface area contributed by atoms with Gasteiger partial charge in [0.2, 0.25) is 0 Å². The molecule has 2 N–H and O–H groups in total. The fourth-order valence-electron chi connectivity index (χ4n) is 0.351. The van der Waals surface area contributed by atoms with Crippen molar-refractivity contribution >= 4 is 5.78 Å². The molecule has 0 fully saturated rings. The van der Waals surface area contributed by atoms with E-state index in [-0.39, 0.29) is 5.78 Å². The second-order valence-corrected chi connectivity index (χ2v) is 1.59. The first-order valence-electron chi connectivity index (χ1n) is 2.97. The zero-order valence-corrected chi connectivity index (χ0v) is 6.02. The van der Waals surface area contributed by atoms with Crippen LogP contribution in [-0.4, -0.2) is 12.3 Å². The molecule has 9 heavy (non-hydrogen) atoms. The van der Waals surface area contributed by atoms with Gasteiger partial charge in [0.1, 0.15) is 5.78 Å². The maximum Gasteiger partial charge on any atom is 0.129 e. The molecule has 0 unspecified atom stereocenters. The Labute approximate surface area is 56.7 Å². The van der Waals surface area contributed by atoms with Gasteiger partial charge in [-0.1, -0.05) is 0 Å². The highest BCUT2D eigenvalue weighted by Gasteiger charge is 1.87. The van der Waals surface area contributed by atoms with Crippen molar-refractivity contribution in [3.63, 3.8) is 0 Å². The van der Waals surface area contributed by atoms with Crippen molar-refractivity contribution in [1.82, 2.24) is 0 Å². The third-order valence-electron chi connectivity index (χ3n) is 0.733. The summed E-state index contributed by atoms with van der Waals surface area (Å²) < 4.78 is 0. The van der Waals surface area contributed by atoms with Crippen molar-refractivity contribution in [1.29, 1.82) is 0 Å². The summed E-state index contributed by atoms with van der Waals surface area (Å²) in [6, 6.07) is 0. The van der Waals surface area contributed by atoms with E-state index >= 15 is 0 Å². The van der Waals surface area contributed by atoms with Crippen LogP contribution in [0.4, 0.5) is 0 Å². The van der Waals surface area contributed by atoms with E-state index < -0.39 is 0 Å². The quantitative estimate of drug-likeness (QED) is 0.580. The molecular weight excluding hydrogens is 114 g/mol. The number of carbonyl (C=O) groups excluding carboxylic acids is 1. The van der Waals surface area contributed by atoms with Crippen molar-refractivity contribution < 1.29 is 4.79 Å². The average molecular weight is 129 g/mol. The molecule has 0 bridgehead atoms. The van der Waals surface area contributed by atoms with Gasteiger partial charge in [-0.15, -0.1) is 13.2 Å². The van der Waals surface area contributed by atoms with E-state index in [1.54, 1.807) is 6.92 Å². The zero-order chi connectivity index (χ0) is 7.70. The first kappa shape index (κ1) is 11.2. The zero-order valence-electron chi connectivity index (χ0n) is 6.02. The lowest BCUT2D eigenvalue weighted by atomic mass is 10.2. The molecule has 0 aliphatic carbocycles. The Morgan fingerprint density at radius 2 is 2.00 bits per heavy atom. The summed E-state index contributed by atoms with van der Waals surface area (Å²) in [7, 11) is 0. The molecule has 2 nitrogen and oxygen atoms in total. The predicted octanol–water partition coefficient (Wildman–Crippen LogP) is 1.12. The van der Waals surface area contributed by atoms with Crippen LogP contribution in [0, 0.1) is 0 Å². The van der Waals surface area contributed by atoms with Crippen LogP contribution in [-0.2, 0) is 4.79 Å². The van der Waals surface area contributed by atoms with E-state index in [0.717, 1.165) is 6.42 Å². The van der Waals surface area contributed by atoms with E-state index in [9.17, 15) is 4.79 Å². The lowest BCUT2D eigenvalue weighted by Crippen LogP contribution is -2.00. The second kappa shape index (κ2) is 10.4. The van der Waals surface area contributed by atoms with Gasteiger partial charge < -0.3 is 10.5 Å². The third-order valence-corrected chi connectivity index (χ3v) is 0.733. The molecule has 0 aromatic heterocycles. The fraction of sp³-hybridized carbons (Fsp3) is 0.571. The van der Waals surface area contributed by atoms with Gasteiger partial charge >= 0.3 is 0 Å². The molecule has 0 aromatic carbocycles. The molecule has 0 radical (unpaired) electrons. The predicted molar refractivity (Wildman–Crippen MR) is 40.2 cm³/mol. The third kappa shape index (κ3) is 18.7. The topological polar surface area (TPSA) is 43.1 Å². The van der Waals surface area contributed by atoms with Crippen molar-refractivity contribution in [2.45, 2.75) is 19.8 Å². The standard InChI is InChI=1S/C5H11NO.C2H4/c1-5(7)3-2-4-6;1-2/h2-4,6H2,1H3;1-2H2. The average Bonchev–Trinajstić information content (AvgIpc) is 1.88. The Morgan fingerprint density at radius 3 is 2.11 bits per heavy atom. The van der Waals surface area contributed by atoms with Gasteiger partial charge in [-0.3, -0.25) is 0 Å².